The summed E-state index contributed by atoms with van der Waals surface area (Å²) in [7, 11) is 0. The molecule has 0 bridgehead atoms. The zero-order valence-electron chi connectivity index (χ0n) is 9.55. The van der Waals surface area contributed by atoms with Crippen molar-refractivity contribution >= 4 is 11.3 Å². The highest BCUT2D eigenvalue weighted by atomic mass is 32.1. The van der Waals surface area contributed by atoms with E-state index in [0.29, 0.717) is 17.3 Å². The average molecular weight is 260 g/mol. The molecule has 0 spiro atoms. The Morgan fingerprint density at radius 1 is 1.22 bits per heavy atom. The third-order valence-corrected chi connectivity index (χ3v) is 3.25. The van der Waals surface area contributed by atoms with Crippen LogP contribution in [0.4, 0.5) is 4.39 Å². The molecule has 0 saturated heterocycles. The summed E-state index contributed by atoms with van der Waals surface area (Å²) in [5, 5.41) is 2.65. The molecule has 3 rings (SSSR count). The lowest BCUT2D eigenvalue weighted by molar-refractivity contribution is 0.534. The van der Waals surface area contributed by atoms with Crippen LogP contribution in [0.2, 0.25) is 0 Å². The lowest BCUT2D eigenvalue weighted by Gasteiger charge is -1.98. The van der Waals surface area contributed by atoms with Crippen LogP contribution in [0.5, 0.6) is 0 Å². The molecule has 0 fully saturated rings. The van der Waals surface area contributed by atoms with Crippen molar-refractivity contribution in [2.45, 2.75) is 6.92 Å². The minimum atomic E-state index is -0.269. The van der Waals surface area contributed by atoms with E-state index in [1.807, 2.05) is 5.38 Å². The molecule has 0 N–H and O–H groups in total. The number of aryl methyl sites for hydroxylation is 1. The Balaban J connectivity index is 2.15. The van der Waals surface area contributed by atoms with Crippen LogP contribution in [0.25, 0.3) is 22.0 Å². The normalized spacial score (nSPS) is 10.8. The Morgan fingerprint density at radius 2 is 2.00 bits per heavy atom. The number of benzene rings is 1. The molecule has 0 aliphatic carbocycles. The van der Waals surface area contributed by atoms with Crippen LogP contribution in [0.15, 0.2) is 40.3 Å². The highest BCUT2D eigenvalue weighted by molar-refractivity contribution is 7.13. The summed E-state index contributed by atoms with van der Waals surface area (Å²) in [5.74, 6) is 0.934. The first kappa shape index (κ1) is 11.1. The van der Waals surface area contributed by atoms with E-state index in [2.05, 4.69) is 9.97 Å². The molecule has 5 heteroatoms. The molecule has 0 radical (unpaired) electrons. The van der Waals surface area contributed by atoms with E-state index in [9.17, 15) is 4.39 Å². The van der Waals surface area contributed by atoms with Crippen molar-refractivity contribution in [3.8, 4) is 22.0 Å². The van der Waals surface area contributed by atoms with Crippen molar-refractivity contribution in [2.75, 3.05) is 0 Å². The van der Waals surface area contributed by atoms with Crippen LogP contribution in [0.1, 0.15) is 5.89 Å². The molecule has 3 aromatic rings. The van der Waals surface area contributed by atoms with Crippen LogP contribution < -0.4 is 0 Å². The molecule has 3 nitrogen and oxygen atoms in total. The van der Waals surface area contributed by atoms with Crippen LogP contribution in [-0.4, -0.2) is 9.97 Å². The van der Waals surface area contributed by atoms with Crippen molar-refractivity contribution < 1.29 is 8.81 Å². The number of hydrogen-bond acceptors (Lipinski definition) is 4. The Hall–Kier alpha value is -2.01. The van der Waals surface area contributed by atoms with E-state index >= 15 is 0 Å². The molecule has 2 aromatic heterocycles. The topological polar surface area (TPSA) is 38.9 Å². The van der Waals surface area contributed by atoms with Crippen molar-refractivity contribution in [1.29, 1.82) is 0 Å². The van der Waals surface area contributed by atoms with Gasteiger partial charge in [0.15, 0.2) is 16.7 Å². The molecule has 1 aromatic carbocycles. The second-order valence-electron chi connectivity index (χ2n) is 3.75. The van der Waals surface area contributed by atoms with Crippen molar-refractivity contribution in [1.82, 2.24) is 9.97 Å². The lowest BCUT2D eigenvalue weighted by Crippen LogP contribution is -1.82. The monoisotopic (exact) mass is 260 g/mol. The molecule has 0 atom stereocenters. The number of nitrogens with zero attached hydrogens (tertiary/aromatic N) is 2. The maximum atomic E-state index is 12.9. The molecule has 90 valence electrons. The van der Waals surface area contributed by atoms with Crippen LogP contribution >= 0.6 is 11.3 Å². The summed E-state index contributed by atoms with van der Waals surface area (Å²) in [6.07, 6.45) is 1.71. The maximum absolute atomic E-state index is 12.9. The molecule has 18 heavy (non-hydrogen) atoms. The Labute approximate surface area is 107 Å². The van der Waals surface area contributed by atoms with Crippen molar-refractivity contribution in [3.63, 3.8) is 0 Å². The lowest BCUT2D eigenvalue weighted by atomic mass is 10.1. The standard InChI is InChI=1S/C13H9FN2OS/c1-8-16-11(9-2-4-10(14)5-3-9)12(17-8)13-15-6-7-18-13/h2-7H,1H3. The van der Waals surface area contributed by atoms with Gasteiger partial charge in [-0.2, -0.15) is 0 Å². The summed E-state index contributed by atoms with van der Waals surface area (Å²) in [6.45, 7) is 1.78. The number of halogens is 1. The summed E-state index contributed by atoms with van der Waals surface area (Å²) < 4.78 is 18.5. The summed E-state index contributed by atoms with van der Waals surface area (Å²) in [5.41, 5.74) is 1.51. The summed E-state index contributed by atoms with van der Waals surface area (Å²) in [6, 6.07) is 6.18. The molecule has 0 aliphatic heterocycles. The first-order chi connectivity index (χ1) is 8.74. The minimum absolute atomic E-state index is 0.269. The first-order valence-electron chi connectivity index (χ1n) is 5.37. The molecular formula is C13H9FN2OS. The zero-order valence-corrected chi connectivity index (χ0v) is 10.4. The molecular weight excluding hydrogens is 251 g/mol. The van der Waals surface area contributed by atoms with Crippen LogP contribution in [0.3, 0.4) is 0 Å². The van der Waals surface area contributed by atoms with Gasteiger partial charge in [0.2, 0.25) is 0 Å². The van der Waals surface area contributed by atoms with E-state index in [4.69, 9.17) is 4.42 Å². The van der Waals surface area contributed by atoms with E-state index in [1.165, 1.54) is 23.5 Å². The highest BCUT2D eigenvalue weighted by Gasteiger charge is 2.16. The van der Waals surface area contributed by atoms with Gasteiger partial charge in [0.25, 0.3) is 0 Å². The SMILES string of the molecule is Cc1nc(-c2ccc(F)cc2)c(-c2nccs2)o1. The van der Waals surface area contributed by atoms with Gasteiger partial charge in [0.05, 0.1) is 0 Å². The maximum Gasteiger partial charge on any atom is 0.192 e. The predicted molar refractivity (Wildman–Crippen MR) is 67.7 cm³/mol. The van der Waals surface area contributed by atoms with E-state index in [0.717, 1.165) is 10.6 Å². The molecule has 2 heterocycles. The Bertz CT molecular complexity index is 659. The van der Waals surface area contributed by atoms with Crippen molar-refractivity contribution in [2.24, 2.45) is 0 Å². The molecule has 0 aliphatic rings. The van der Waals surface area contributed by atoms with Gasteiger partial charge in [-0.1, -0.05) is 0 Å². The van der Waals surface area contributed by atoms with Crippen LogP contribution in [0, 0.1) is 12.7 Å². The minimum Gasteiger partial charge on any atom is -0.438 e. The number of thiazole rings is 1. The third kappa shape index (κ3) is 1.93. The van der Waals surface area contributed by atoms with Gasteiger partial charge in [0, 0.05) is 24.1 Å². The van der Waals surface area contributed by atoms with Gasteiger partial charge >= 0.3 is 0 Å². The second kappa shape index (κ2) is 4.34. The van der Waals surface area contributed by atoms with Crippen LogP contribution in [-0.2, 0) is 0 Å². The number of aromatic nitrogens is 2. The Kier molecular flexibility index (Phi) is 2.68. The van der Waals surface area contributed by atoms with Gasteiger partial charge in [-0.15, -0.1) is 11.3 Å². The molecule has 0 amide bonds. The largest absolute Gasteiger partial charge is 0.438 e. The van der Waals surface area contributed by atoms with E-state index in [1.54, 1.807) is 25.3 Å². The quantitative estimate of drug-likeness (QED) is 0.701. The molecule has 0 saturated carbocycles. The van der Waals surface area contributed by atoms with E-state index < -0.39 is 0 Å². The van der Waals surface area contributed by atoms with E-state index in [-0.39, 0.29) is 5.82 Å². The zero-order chi connectivity index (χ0) is 12.5. The predicted octanol–water partition coefficient (Wildman–Crippen LogP) is 3.91. The fourth-order valence-corrected chi connectivity index (χ4v) is 2.33. The number of oxazole rings is 1. The molecule has 0 unspecified atom stereocenters. The van der Waals surface area contributed by atoms with Gasteiger partial charge < -0.3 is 4.42 Å². The number of rotatable bonds is 2. The van der Waals surface area contributed by atoms with Crippen molar-refractivity contribution in [3.05, 3.63) is 47.6 Å². The van der Waals surface area contributed by atoms with Gasteiger partial charge in [-0.3, -0.25) is 0 Å². The fourth-order valence-electron chi connectivity index (χ4n) is 1.71. The summed E-state index contributed by atoms with van der Waals surface area (Å²) >= 11 is 1.48. The second-order valence-corrected chi connectivity index (χ2v) is 4.65. The smallest absolute Gasteiger partial charge is 0.192 e. The fraction of sp³-hybridized carbons (Fsp3) is 0.0769. The summed E-state index contributed by atoms with van der Waals surface area (Å²) in [4.78, 5) is 8.56. The average Bonchev–Trinajstić information content (AvgIpc) is 2.98. The van der Waals surface area contributed by atoms with Gasteiger partial charge in [0.1, 0.15) is 11.5 Å². The van der Waals surface area contributed by atoms with Gasteiger partial charge in [-0.25, -0.2) is 14.4 Å². The Morgan fingerprint density at radius 3 is 2.67 bits per heavy atom. The highest BCUT2D eigenvalue weighted by Crippen LogP contribution is 2.33. The third-order valence-electron chi connectivity index (χ3n) is 2.48. The number of hydrogen-bond donors (Lipinski definition) is 0. The van der Waals surface area contributed by atoms with Gasteiger partial charge in [-0.05, 0) is 24.3 Å². The first-order valence-corrected chi connectivity index (χ1v) is 6.25.